The Kier molecular flexibility index (Phi) is 9.49. The van der Waals surface area contributed by atoms with Crippen molar-refractivity contribution in [2.45, 2.75) is 24.7 Å². The van der Waals surface area contributed by atoms with E-state index in [0.717, 1.165) is 22.6 Å². The average molecular weight is 880 g/mol. The molecule has 0 radical (unpaired) electrons. The summed E-state index contributed by atoms with van der Waals surface area (Å²) in [5.74, 6) is 0. The smallest absolute Gasteiger partial charge is 0.0734 e. The van der Waals surface area contributed by atoms with Gasteiger partial charge < -0.3 is 4.90 Å². The molecule has 1 nitrogen and oxygen atoms in total. The van der Waals surface area contributed by atoms with Gasteiger partial charge in [0.05, 0.1) is 16.8 Å². The van der Waals surface area contributed by atoms with Crippen molar-refractivity contribution in [2.24, 2.45) is 0 Å². The Hall–Kier alpha value is -8.52. The van der Waals surface area contributed by atoms with E-state index >= 15 is 0 Å². The van der Waals surface area contributed by atoms with E-state index in [2.05, 4.69) is 280 Å². The fourth-order valence-corrected chi connectivity index (χ4v) is 12.0. The molecular weight excluding hydrogens is 831 g/mol. The Morgan fingerprint density at radius 1 is 0.304 bits per heavy atom. The molecule has 69 heavy (non-hydrogen) atoms. The quantitative estimate of drug-likeness (QED) is 0.147. The maximum Gasteiger partial charge on any atom is 0.0734 e. The molecule has 13 rings (SSSR count). The summed E-state index contributed by atoms with van der Waals surface area (Å²) in [6, 6.07) is 97.0. The summed E-state index contributed by atoms with van der Waals surface area (Å²) in [5.41, 5.74) is 22.8. The number of nitrogens with zero attached hydrogens (tertiary/aromatic N) is 1. The lowest BCUT2D eigenvalue weighted by Crippen LogP contribution is -2.30. The zero-order valence-corrected chi connectivity index (χ0v) is 38.8. The molecular formula is C68H49N. The largest absolute Gasteiger partial charge is 0.309 e. The van der Waals surface area contributed by atoms with Gasteiger partial charge in [-0.2, -0.15) is 0 Å². The molecule has 0 saturated carbocycles. The zero-order valence-electron chi connectivity index (χ0n) is 38.8. The Bertz CT molecular complexity index is 3700. The minimum Gasteiger partial charge on any atom is -0.309 e. The molecule has 11 aromatic rings. The Balaban J connectivity index is 1.07. The van der Waals surface area contributed by atoms with E-state index in [0.29, 0.717) is 0 Å². The highest BCUT2D eigenvalue weighted by molar-refractivity contribution is 6.02. The van der Waals surface area contributed by atoms with Crippen LogP contribution >= 0.6 is 0 Å². The number of hydrogen-bond donors (Lipinski definition) is 0. The van der Waals surface area contributed by atoms with Crippen LogP contribution in [0.4, 0.5) is 17.1 Å². The minimum atomic E-state index is -0.620. The van der Waals surface area contributed by atoms with Crippen molar-refractivity contribution in [3.05, 3.63) is 294 Å². The number of benzene rings is 11. The molecule has 0 spiro atoms. The fraction of sp³-hybridized carbons (Fsp3) is 0.0588. The highest BCUT2D eigenvalue weighted by Gasteiger charge is 2.48. The molecule has 2 aliphatic rings. The molecule has 0 saturated heterocycles. The standard InChI is InChI=1S/C68H49N/c1-67(2)60-33-17-15-29-56(60)58-42-40-51(45-62(58)67)48-37-38-50-44-54(41-39-49(50)43-48)69(63-35-19-31-55(46-21-7-3-8-22-46)65(63)47-23-9-4-10-24-47)64-36-20-32-59-57-30-16-18-34-61(57)68(66(59)64,52-25-11-5-12-26-52)53-27-13-6-14-28-53/h3-45H,1-2H3. The Morgan fingerprint density at radius 2 is 0.797 bits per heavy atom. The van der Waals surface area contributed by atoms with Crippen LogP contribution in [-0.2, 0) is 10.8 Å². The second-order valence-electron chi connectivity index (χ2n) is 19.2. The first-order valence-corrected chi connectivity index (χ1v) is 24.2. The molecule has 0 heterocycles. The van der Waals surface area contributed by atoms with Crippen LogP contribution in [0.5, 0.6) is 0 Å². The van der Waals surface area contributed by atoms with Gasteiger partial charge in [-0.05, 0) is 125 Å². The van der Waals surface area contributed by atoms with E-state index in [9.17, 15) is 0 Å². The van der Waals surface area contributed by atoms with Gasteiger partial charge in [0.15, 0.2) is 0 Å². The summed E-state index contributed by atoms with van der Waals surface area (Å²) in [7, 11) is 0. The minimum absolute atomic E-state index is 0.0643. The predicted octanol–water partition coefficient (Wildman–Crippen LogP) is 18.0. The number of fused-ring (bicyclic) bond motifs is 7. The lowest BCUT2D eigenvalue weighted by molar-refractivity contribution is 0.660. The van der Waals surface area contributed by atoms with Crippen molar-refractivity contribution in [2.75, 3.05) is 4.90 Å². The number of hydrogen-bond acceptors (Lipinski definition) is 1. The molecule has 0 N–H and O–H groups in total. The van der Waals surface area contributed by atoms with Crippen LogP contribution in [0.1, 0.15) is 47.2 Å². The third-order valence-corrected chi connectivity index (χ3v) is 15.1. The average Bonchev–Trinajstić information content (AvgIpc) is 3.85. The van der Waals surface area contributed by atoms with Gasteiger partial charge in [-0.1, -0.05) is 238 Å². The summed E-state index contributed by atoms with van der Waals surface area (Å²) in [5, 5.41) is 2.39. The summed E-state index contributed by atoms with van der Waals surface area (Å²) in [6.07, 6.45) is 0. The normalized spacial score (nSPS) is 13.6. The van der Waals surface area contributed by atoms with E-state index in [1.807, 2.05) is 0 Å². The van der Waals surface area contributed by atoms with E-state index in [4.69, 9.17) is 0 Å². The van der Waals surface area contributed by atoms with E-state index in [1.165, 1.54) is 94.2 Å². The fourth-order valence-electron chi connectivity index (χ4n) is 12.0. The van der Waals surface area contributed by atoms with E-state index in [1.54, 1.807) is 0 Å². The first-order valence-electron chi connectivity index (χ1n) is 24.2. The molecule has 0 bridgehead atoms. The van der Waals surface area contributed by atoms with Gasteiger partial charge in [0, 0.05) is 22.2 Å². The molecule has 0 amide bonds. The molecule has 0 unspecified atom stereocenters. The van der Waals surface area contributed by atoms with Crippen molar-refractivity contribution in [3.8, 4) is 55.6 Å². The SMILES string of the molecule is CC1(C)c2ccccc2-c2ccc(-c3ccc4cc(N(c5cccc(-c6ccccc6)c5-c5ccccc5)c5cccc6c5C(c5ccccc5)(c5ccccc5)c5ccccc5-6)ccc4c3)cc21. The summed E-state index contributed by atoms with van der Waals surface area (Å²) in [6.45, 7) is 4.72. The maximum absolute atomic E-state index is 2.56. The van der Waals surface area contributed by atoms with Crippen LogP contribution in [0, 0.1) is 0 Å². The zero-order chi connectivity index (χ0) is 46.1. The first kappa shape index (κ1) is 40.7. The van der Waals surface area contributed by atoms with Crippen molar-refractivity contribution < 1.29 is 0 Å². The van der Waals surface area contributed by atoms with Crippen LogP contribution in [0.2, 0.25) is 0 Å². The van der Waals surface area contributed by atoms with Gasteiger partial charge in [-0.15, -0.1) is 0 Å². The van der Waals surface area contributed by atoms with Gasteiger partial charge in [0.25, 0.3) is 0 Å². The third-order valence-electron chi connectivity index (χ3n) is 15.1. The van der Waals surface area contributed by atoms with Crippen molar-refractivity contribution in [1.82, 2.24) is 0 Å². The molecule has 326 valence electrons. The molecule has 0 aromatic heterocycles. The van der Waals surface area contributed by atoms with E-state index < -0.39 is 5.41 Å². The van der Waals surface area contributed by atoms with Crippen LogP contribution in [-0.4, -0.2) is 0 Å². The predicted molar refractivity (Wildman–Crippen MR) is 290 cm³/mol. The summed E-state index contributed by atoms with van der Waals surface area (Å²) < 4.78 is 0. The van der Waals surface area contributed by atoms with Gasteiger partial charge in [-0.25, -0.2) is 0 Å². The topological polar surface area (TPSA) is 3.24 Å². The molecule has 1 heteroatoms. The van der Waals surface area contributed by atoms with Crippen molar-refractivity contribution in [1.29, 1.82) is 0 Å². The van der Waals surface area contributed by atoms with Gasteiger partial charge in [0.1, 0.15) is 0 Å². The summed E-state index contributed by atoms with van der Waals surface area (Å²) in [4.78, 5) is 2.56. The molecule has 11 aromatic carbocycles. The lowest BCUT2D eigenvalue weighted by Gasteiger charge is -2.38. The summed E-state index contributed by atoms with van der Waals surface area (Å²) >= 11 is 0. The molecule has 2 aliphatic carbocycles. The highest BCUT2D eigenvalue weighted by Crippen LogP contribution is 2.61. The monoisotopic (exact) mass is 879 g/mol. The lowest BCUT2D eigenvalue weighted by atomic mass is 9.67. The van der Waals surface area contributed by atoms with Crippen LogP contribution in [0.25, 0.3) is 66.4 Å². The third kappa shape index (κ3) is 6.31. The van der Waals surface area contributed by atoms with Crippen LogP contribution in [0.15, 0.2) is 261 Å². The van der Waals surface area contributed by atoms with Crippen molar-refractivity contribution >= 4 is 27.8 Å². The maximum atomic E-state index is 2.56. The van der Waals surface area contributed by atoms with Gasteiger partial charge >= 0.3 is 0 Å². The molecule has 0 aliphatic heterocycles. The van der Waals surface area contributed by atoms with Crippen LogP contribution < -0.4 is 4.90 Å². The molecule has 0 atom stereocenters. The van der Waals surface area contributed by atoms with Gasteiger partial charge in [-0.3, -0.25) is 0 Å². The molecule has 0 fully saturated rings. The first-order chi connectivity index (χ1) is 34.0. The van der Waals surface area contributed by atoms with Gasteiger partial charge in [0.2, 0.25) is 0 Å². The Labute approximate surface area is 405 Å². The number of rotatable bonds is 8. The van der Waals surface area contributed by atoms with Crippen LogP contribution in [0.3, 0.4) is 0 Å². The van der Waals surface area contributed by atoms with Crippen molar-refractivity contribution in [3.63, 3.8) is 0 Å². The number of anilines is 3. The highest BCUT2D eigenvalue weighted by atomic mass is 15.1. The second kappa shape index (κ2) is 16.1. The van der Waals surface area contributed by atoms with E-state index in [-0.39, 0.29) is 5.41 Å². The second-order valence-corrected chi connectivity index (χ2v) is 19.2. The Morgan fingerprint density at radius 3 is 1.49 bits per heavy atom.